The molecule has 0 aliphatic carbocycles. The first-order valence-corrected chi connectivity index (χ1v) is 6.24. The molecular formula is C10H12N3OP. The third-order valence-electron chi connectivity index (χ3n) is 2.14. The molecule has 1 atom stereocenters. The molecule has 5 heteroatoms. The molecule has 1 unspecified atom stereocenters. The molecule has 1 aromatic rings. The van der Waals surface area contributed by atoms with Crippen LogP contribution in [0.1, 0.15) is 0 Å². The van der Waals surface area contributed by atoms with Crippen LogP contribution in [0.2, 0.25) is 0 Å². The minimum absolute atomic E-state index is 0.864. The number of hydrogen-bond donors (Lipinski definition) is 1. The van der Waals surface area contributed by atoms with Crippen LogP contribution in [-0.2, 0) is 4.57 Å². The number of anilines is 1. The van der Waals surface area contributed by atoms with Crippen LogP contribution in [0.4, 0.5) is 5.69 Å². The van der Waals surface area contributed by atoms with E-state index in [2.05, 4.69) is 9.85 Å². The normalized spacial score (nSPS) is 24.5. The summed E-state index contributed by atoms with van der Waals surface area (Å²) in [5.74, 6) is 0. The first-order valence-electron chi connectivity index (χ1n) is 4.62. The highest BCUT2D eigenvalue weighted by molar-refractivity contribution is 7.62. The Morgan fingerprint density at radius 2 is 2.07 bits per heavy atom. The molecule has 0 fully saturated rings. The second-order valence-electron chi connectivity index (χ2n) is 3.05. The number of para-hydroxylation sites is 1. The molecule has 4 nitrogen and oxygen atoms in total. The van der Waals surface area contributed by atoms with Gasteiger partial charge in [0.15, 0.2) is 0 Å². The second kappa shape index (κ2) is 4.01. The van der Waals surface area contributed by atoms with Crippen molar-refractivity contribution in [1.29, 1.82) is 0 Å². The monoisotopic (exact) mass is 221 g/mol. The van der Waals surface area contributed by atoms with Gasteiger partial charge in [-0.05, 0) is 25.3 Å². The van der Waals surface area contributed by atoms with E-state index in [4.69, 9.17) is 0 Å². The summed E-state index contributed by atoms with van der Waals surface area (Å²) in [5, 5.41) is 2.76. The van der Waals surface area contributed by atoms with E-state index < -0.39 is 7.59 Å². The zero-order valence-electron chi connectivity index (χ0n) is 8.37. The van der Waals surface area contributed by atoms with Gasteiger partial charge in [-0.2, -0.15) is 0 Å². The van der Waals surface area contributed by atoms with Crippen LogP contribution in [0, 0.1) is 0 Å². The maximum Gasteiger partial charge on any atom is 0.354 e. The maximum atomic E-state index is 12.3. The van der Waals surface area contributed by atoms with Gasteiger partial charge in [-0.15, -0.1) is 0 Å². The van der Waals surface area contributed by atoms with Crippen LogP contribution < -0.4 is 9.76 Å². The Morgan fingerprint density at radius 1 is 1.33 bits per heavy atom. The summed E-state index contributed by atoms with van der Waals surface area (Å²) in [5.41, 5.74) is 0.864. The number of rotatable bonds is 2. The quantitative estimate of drug-likeness (QED) is 0.780. The Labute approximate surface area is 88.9 Å². The number of nitrogens with zero attached hydrogens (tertiary/aromatic N) is 2. The topological polar surface area (TPSA) is 44.7 Å². The molecule has 1 aromatic carbocycles. The van der Waals surface area contributed by atoms with Crippen molar-refractivity contribution < 1.29 is 4.57 Å². The van der Waals surface area contributed by atoms with Crippen LogP contribution in [0.3, 0.4) is 0 Å². The van der Waals surface area contributed by atoms with Gasteiger partial charge in [0, 0.05) is 18.1 Å². The largest absolute Gasteiger partial charge is 0.354 e. The van der Waals surface area contributed by atoms with Crippen LogP contribution in [0.15, 0.2) is 47.4 Å². The number of hydrogen-bond acceptors (Lipinski definition) is 1. The SMILES string of the molecule is CNP1(=O)N=CC=CN1c1ccccc1. The Morgan fingerprint density at radius 3 is 2.73 bits per heavy atom. The molecule has 1 heterocycles. The van der Waals surface area contributed by atoms with E-state index in [0.29, 0.717) is 0 Å². The Bertz CT molecular complexity index is 441. The fraction of sp³-hybridized carbons (Fsp3) is 0.100. The van der Waals surface area contributed by atoms with Crippen molar-refractivity contribution in [2.75, 3.05) is 11.7 Å². The Balaban J connectivity index is 2.41. The van der Waals surface area contributed by atoms with Gasteiger partial charge in [0.2, 0.25) is 0 Å². The zero-order chi connectivity index (χ0) is 10.7. The molecule has 2 rings (SSSR count). The molecule has 0 saturated heterocycles. The van der Waals surface area contributed by atoms with Crippen LogP contribution >= 0.6 is 7.59 Å². The standard InChI is InChI=1S/C10H12N3OP/c1-11-15(14)12-8-5-9-13(15)10-6-3-2-4-7-10/h2-9H,1H3,(H,11,14). The van der Waals surface area contributed by atoms with Crippen molar-refractivity contribution in [1.82, 2.24) is 5.09 Å². The van der Waals surface area contributed by atoms with E-state index in [9.17, 15) is 4.57 Å². The lowest BCUT2D eigenvalue weighted by Gasteiger charge is -2.28. The third-order valence-corrected chi connectivity index (χ3v) is 4.12. The van der Waals surface area contributed by atoms with Crippen molar-refractivity contribution in [3.05, 3.63) is 42.6 Å². The van der Waals surface area contributed by atoms with Gasteiger partial charge >= 0.3 is 7.59 Å². The summed E-state index contributed by atoms with van der Waals surface area (Å²) in [7, 11) is -1.21. The molecule has 1 N–H and O–H groups in total. The van der Waals surface area contributed by atoms with Crippen molar-refractivity contribution in [2.24, 2.45) is 4.76 Å². The van der Waals surface area contributed by atoms with Crippen molar-refractivity contribution in [3.8, 4) is 0 Å². The lowest BCUT2D eigenvalue weighted by Crippen LogP contribution is -2.21. The molecule has 1 aliphatic rings. The van der Waals surface area contributed by atoms with Crippen LogP contribution in [0.5, 0.6) is 0 Å². The average molecular weight is 221 g/mol. The molecule has 0 bridgehead atoms. The van der Waals surface area contributed by atoms with Crippen molar-refractivity contribution in [3.63, 3.8) is 0 Å². The van der Waals surface area contributed by atoms with Crippen molar-refractivity contribution in [2.45, 2.75) is 0 Å². The van der Waals surface area contributed by atoms with Crippen LogP contribution in [-0.4, -0.2) is 13.3 Å². The summed E-state index contributed by atoms with van der Waals surface area (Å²) in [6.45, 7) is 0. The van der Waals surface area contributed by atoms with Gasteiger partial charge in [-0.3, -0.25) is 9.24 Å². The van der Waals surface area contributed by atoms with Crippen LogP contribution in [0.25, 0.3) is 0 Å². The Kier molecular flexibility index (Phi) is 2.71. The van der Waals surface area contributed by atoms with E-state index >= 15 is 0 Å². The summed E-state index contributed by atoms with van der Waals surface area (Å²) in [6.07, 6.45) is 5.08. The second-order valence-corrected chi connectivity index (χ2v) is 5.25. The highest BCUT2D eigenvalue weighted by Gasteiger charge is 2.27. The third kappa shape index (κ3) is 1.87. The summed E-state index contributed by atoms with van der Waals surface area (Å²) in [6, 6.07) is 9.53. The lowest BCUT2D eigenvalue weighted by molar-refractivity contribution is 0.569. The first-order chi connectivity index (χ1) is 7.26. The van der Waals surface area contributed by atoms with Gasteiger partial charge in [0.25, 0.3) is 0 Å². The summed E-state index contributed by atoms with van der Waals surface area (Å²) < 4.78 is 18.0. The molecule has 1 aliphatic heterocycles. The molecule has 0 aromatic heterocycles. The average Bonchev–Trinajstić information content (AvgIpc) is 2.31. The van der Waals surface area contributed by atoms with E-state index in [1.54, 1.807) is 30.2 Å². The van der Waals surface area contributed by atoms with E-state index in [1.165, 1.54) is 0 Å². The first kappa shape index (κ1) is 10.1. The molecule has 0 spiro atoms. The molecule has 0 radical (unpaired) electrons. The smallest absolute Gasteiger partial charge is 0.269 e. The van der Waals surface area contributed by atoms with Gasteiger partial charge in [-0.1, -0.05) is 18.2 Å². The molecule has 0 saturated carbocycles. The molecule has 15 heavy (non-hydrogen) atoms. The number of benzene rings is 1. The molecular weight excluding hydrogens is 209 g/mol. The highest BCUT2D eigenvalue weighted by atomic mass is 31.2. The summed E-state index contributed by atoms with van der Waals surface area (Å²) in [4.78, 5) is 0. The zero-order valence-corrected chi connectivity index (χ0v) is 9.26. The predicted molar refractivity (Wildman–Crippen MR) is 63.2 cm³/mol. The summed E-state index contributed by atoms with van der Waals surface area (Å²) >= 11 is 0. The number of nitrogens with one attached hydrogen (secondary N) is 1. The van der Waals surface area contributed by atoms with Crippen molar-refractivity contribution >= 4 is 19.5 Å². The molecule has 0 amide bonds. The minimum atomic E-state index is -2.86. The fourth-order valence-corrected chi connectivity index (χ4v) is 2.79. The van der Waals surface area contributed by atoms with Gasteiger partial charge < -0.3 is 0 Å². The molecule has 78 valence electrons. The van der Waals surface area contributed by atoms with Gasteiger partial charge in [-0.25, -0.2) is 9.85 Å². The minimum Gasteiger partial charge on any atom is -0.269 e. The van der Waals surface area contributed by atoms with E-state index in [-0.39, 0.29) is 0 Å². The van der Waals surface area contributed by atoms with Gasteiger partial charge in [0.05, 0.1) is 0 Å². The fourth-order valence-electron chi connectivity index (χ4n) is 1.38. The maximum absolute atomic E-state index is 12.3. The lowest BCUT2D eigenvalue weighted by atomic mass is 10.3. The van der Waals surface area contributed by atoms with E-state index in [1.807, 2.05) is 30.3 Å². The van der Waals surface area contributed by atoms with Gasteiger partial charge in [0.1, 0.15) is 0 Å². The predicted octanol–water partition coefficient (Wildman–Crippen LogP) is 2.42. The van der Waals surface area contributed by atoms with E-state index in [0.717, 1.165) is 5.69 Å². The number of allylic oxidation sites excluding steroid dienone is 1. The highest BCUT2D eigenvalue weighted by Crippen LogP contribution is 2.50. The Hall–Kier alpha value is -1.38.